The molecule has 0 radical (unpaired) electrons. The molecule has 2 aromatic rings. The zero-order chi connectivity index (χ0) is 22.1. The quantitative estimate of drug-likeness (QED) is 0.246. The monoisotopic (exact) mass is 640 g/mol. The number of benzene rings is 2. The van der Waals surface area contributed by atoms with Crippen LogP contribution in [0.2, 0.25) is 0 Å². The summed E-state index contributed by atoms with van der Waals surface area (Å²) in [7, 11) is 0. The molecule has 2 nitrogen and oxygen atoms in total. The predicted octanol–water partition coefficient (Wildman–Crippen LogP) is 8.96. The van der Waals surface area contributed by atoms with Gasteiger partial charge in [0.1, 0.15) is 11.6 Å². The lowest BCUT2D eigenvalue weighted by molar-refractivity contribution is 0.0983. The lowest BCUT2D eigenvalue weighted by Gasteiger charge is -2.01. The molecule has 2 aromatic carbocycles. The summed E-state index contributed by atoms with van der Waals surface area (Å²) in [6, 6.07) is 11.4. The van der Waals surface area contributed by atoms with Crippen LogP contribution in [-0.4, -0.2) is 21.7 Å². The van der Waals surface area contributed by atoms with Gasteiger partial charge in [-0.15, -0.1) is 23.2 Å². The first-order valence-corrected chi connectivity index (χ1v) is 13.5. The van der Waals surface area contributed by atoms with Crippen LogP contribution < -0.4 is 0 Å². The number of ketones is 2. The van der Waals surface area contributed by atoms with E-state index in [1.807, 2.05) is 0 Å². The Morgan fingerprint density at radius 3 is 1.69 bits per heavy atom. The second-order valence-electron chi connectivity index (χ2n) is 4.88. The Labute approximate surface area is 205 Å². The van der Waals surface area contributed by atoms with E-state index >= 15 is 0 Å². The maximum Gasteiger partial charge on any atom is 0.176 e. The van der Waals surface area contributed by atoms with Crippen molar-refractivity contribution in [3.8, 4) is 0 Å². The molecule has 0 aliphatic rings. The highest BCUT2D eigenvalue weighted by Crippen LogP contribution is 2.10. The van der Waals surface area contributed by atoms with Crippen molar-refractivity contribution in [1.82, 2.24) is 0 Å². The van der Waals surface area contributed by atoms with Gasteiger partial charge in [-0.25, -0.2) is 8.78 Å². The van der Waals surface area contributed by atoms with Crippen molar-refractivity contribution in [2.75, 3.05) is 5.34 Å². The second-order valence-corrected chi connectivity index (χ2v) is 7.06. The highest BCUT2D eigenvalue weighted by atomic mass is 80.9. The van der Waals surface area contributed by atoms with Gasteiger partial charge in [-0.2, -0.15) is 0 Å². The molecule has 0 aromatic heterocycles. The molecule has 164 valence electrons. The summed E-state index contributed by atoms with van der Waals surface area (Å²) in [5.41, 5.74) is 0.854. The van der Waals surface area contributed by atoms with E-state index in [0.717, 1.165) is 0 Å². The number of hydrogen-bond donors (Lipinski definition) is 0. The number of carbonyl (C=O) groups is 2. The lowest BCUT2D eigenvalue weighted by Crippen LogP contribution is -2.09. The molecule has 0 bridgehead atoms. The molecule has 0 saturated carbocycles. The minimum absolute atomic E-state index is 0. The van der Waals surface area contributed by atoms with Gasteiger partial charge in [0.25, 0.3) is 0 Å². The molecular weight excluding hydrogens is 621 g/mol. The Bertz CT molecular complexity index is 718. The summed E-state index contributed by atoms with van der Waals surface area (Å²) < 4.78 is 25.1. The zero-order valence-electron chi connectivity index (χ0n) is 15.1. The van der Waals surface area contributed by atoms with Gasteiger partial charge in [0.15, 0.2) is 11.6 Å². The van der Waals surface area contributed by atoms with E-state index in [9.17, 15) is 18.4 Å². The van der Waals surface area contributed by atoms with Crippen molar-refractivity contribution in [2.45, 2.75) is 32.5 Å². The van der Waals surface area contributed by atoms with Gasteiger partial charge >= 0.3 is 0 Å². The molecule has 0 N–H and O–H groups in total. The fourth-order valence-electron chi connectivity index (χ4n) is 1.74. The Morgan fingerprint density at radius 1 is 0.966 bits per heavy atom. The van der Waals surface area contributed by atoms with Gasteiger partial charge in [-0.1, -0.05) is 54.5 Å². The molecule has 0 fully saturated rings. The third-order valence-corrected chi connectivity index (χ3v) is 3.35. The number of rotatable bonds is 4. The highest BCUT2D eigenvalue weighted by Gasteiger charge is 2.11. The van der Waals surface area contributed by atoms with Crippen LogP contribution in [0, 0.1) is 11.6 Å². The number of Topliss-reactive ketones (excluding diaryl/α,β-unsaturated/α-hetero) is 2. The van der Waals surface area contributed by atoms with Crippen LogP contribution in [0.3, 0.4) is 0 Å². The van der Waals surface area contributed by atoms with Crippen molar-refractivity contribution >= 4 is 79.0 Å². The van der Waals surface area contributed by atoms with Crippen molar-refractivity contribution in [3.63, 3.8) is 0 Å². The Kier molecular flexibility index (Phi) is 24.0. The Hall–Kier alpha value is -0.340. The van der Waals surface area contributed by atoms with Crippen LogP contribution in [0.25, 0.3) is 0 Å². The summed E-state index contributed by atoms with van der Waals surface area (Å²) in [5.74, 6) is -0.864. The van der Waals surface area contributed by atoms with E-state index in [1.54, 1.807) is 26.0 Å². The summed E-state index contributed by atoms with van der Waals surface area (Å²) in [5, 5.41) is 0.194. The van der Waals surface area contributed by atoms with E-state index in [-0.39, 0.29) is 40.8 Å². The molecule has 29 heavy (non-hydrogen) atoms. The minimum Gasteiger partial charge on any atom is -0.294 e. The molecule has 1 atom stereocenters. The van der Waals surface area contributed by atoms with Crippen molar-refractivity contribution in [2.24, 2.45) is 0 Å². The van der Waals surface area contributed by atoms with Gasteiger partial charge in [0.05, 0.1) is 10.2 Å². The lowest BCUT2D eigenvalue weighted by atomic mass is 10.1. The Morgan fingerprint density at radius 2 is 1.34 bits per heavy atom. The Balaban J connectivity index is -0.000000372. The van der Waals surface area contributed by atoms with Crippen molar-refractivity contribution in [1.29, 1.82) is 0 Å². The van der Waals surface area contributed by atoms with E-state index in [2.05, 4.69) is 44.2 Å². The largest absolute Gasteiger partial charge is 0.294 e. The number of alkyl halides is 3. The molecule has 0 heterocycles. The van der Waals surface area contributed by atoms with Crippen molar-refractivity contribution < 1.29 is 18.4 Å². The molecule has 2 rings (SSSR count). The van der Waals surface area contributed by atoms with Crippen LogP contribution in [0.5, 0.6) is 0 Å². The molecule has 0 saturated heterocycles. The van der Waals surface area contributed by atoms with Crippen LogP contribution in [0.15, 0.2) is 48.5 Å². The SMILES string of the molecule is BrBr.C.CC(Br)C(=O)c1cccc(F)c1.CCC(=O)c1cccc(F)c1.ClCCl. The smallest absolute Gasteiger partial charge is 0.176 e. The maximum atomic E-state index is 12.6. The molecule has 0 spiro atoms. The van der Waals surface area contributed by atoms with E-state index in [1.165, 1.54) is 36.4 Å². The molecule has 1 unspecified atom stereocenters. The molecule has 0 aliphatic carbocycles. The van der Waals surface area contributed by atoms with Gasteiger partial charge in [0.2, 0.25) is 0 Å². The van der Waals surface area contributed by atoms with Crippen LogP contribution in [0.1, 0.15) is 48.4 Å². The number of carbonyl (C=O) groups excluding carboxylic acids is 2. The van der Waals surface area contributed by atoms with Crippen LogP contribution in [-0.2, 0) is 0 Å². The standard InChI is InChI=1S/C9H8BrFO.C9H9FO.CH2Cl2.CH4.Br2/c1-6(10)9(12)7-3-2-4-8(11)5-7;1-2-9(11)7-4-3-5-8(10)6-7;2-1-3;;1-2/h2-6H,1H3;3-6H,2H2,1H3;1H2;1H4;. The second kappa shape index (κ2) is 20.9. The molecule has 0 aliphatic heterocycles. The zero-order valence-corrected chi connectivity index (χ0v) is 21.3. The third kappa shape index (κ3) is 16.1. The summed E-state index contributed by atoms with van der Waals surface area (Å²) in [4.78, 5) is 22.0. The van der Waals surface area contributed by atoms with Crippen LogP contribution >= 0.6 is 67.4 Å². The normalized spacial score (nSPS) is 9.69. The van der Waals surface area contributed by atoms with E-state index < -0.39 is 0 Å². The molecule has 9 heteroatoms. The van der Waals surface area contributed by atoms with Gasteiger partial charge in [-0.05, 0) is 31.2 Å². The van der Waals surface area contributed by atoms with Gasteiger partial charge in [-0.3, -0.25) is 9.59 Å². The molecular formula is C20H23Br3Cl2F2O2. The number of hydrogen-bond acceptors (Lipinski definition) is 2. The molecule has 0 amide bonds. The van der Waals surface area contributed by atoms with Crippen molar-refractivity contribution in [3.05, 3.63) is 71.3 Å². The topological polar surface area (TPSA) is 34.1 Å². The fourth-order valence-corrected chi connectivity index (χ4v) is 2.00. The minimum atomic E-state index is -0.381. The van der Waals surface area contributed by atoms with E-state index in [0.29, 0.717) is 17.5 Å². The maximum absolute atomic E-state index is 12.6. The predicted molar refractivity (Wildman–Crippen MR) is 131 cm³/mol. The fraction of sp³-hybridized carbons (Fsp3) is 0.300. The third-order valence-electron chi connectivity index (χ3n) is 2.94. The average molecular weight is 644 g/mol. The van der Waals surface area contributed by atoms with E-state index in [4.69, 9.17) is 23.2 Å². The summed E-state index contributed by atoms with van der Waals surface area (Å²) in [6.45, 7) is 3.47. The van der Waals surface area contributed by atoms with Gasteiger partial charge < -0.3 is 0 Å². The number of halogens is 7. The summed E-state index contributed by atoms with van der Waals surface area (Å²) in [6.07, 6.45) is 0.420. The average Bonchev–Trinajstić information content (AvgIpc) is 2.69. The van der Waals surface area contributed by atoms with Gasteiger partial charge in [0, 0.05) is 45.8 Å². The first-order valence-electron chi connectivity index (χ1n) is 7.75. The highest BCUT2D eigenvalue weighted by molar-refractivity contribution is 9.93. The first-order chi connectivity index (χ1) is 13.3. The summed E-state index contributed by atoms with van der Waals surface area (Å²) >= 11 is 18.2. The van der Waals surface area contributed by atoms with Crippen LogP contribution in [0.4, 0.5) is 8.78 Å². The first kappa shape index (κ1) is 33.3.